The Bertz CT molecular complexity index is 409. The summed E-state index contributed by atoms with van der Waals surface area (Å²) in [4.78, 5) is 0. The summed E-state index contributed by atoms with van der Waals surface area (Å²) in [6.07, 6.45) is -4.93. The molecule has 0 bridgehead atoms. The number of halogens is 3. The predicted molar refractivity (Wildman–Crippen MR) is 58.9 cm³/mol. The highest BCUT2D eigenvalue weighted by Crippen LogP contribution is 2.29. The molecule has 0 spiro atoms. The Morgan fingerprint density at radius 1 is 1.33 bits per heavy atom. The highest BCUT2D eigenvalue weighted by molar-refractivity contribution is 5.25. The van der Waals surface area contributed by atoms with E-state index < -0.39 is 17.8 Å². The van der Waals surface area contributed by atoms with Crippen LogP contribution in [-0.4, -0.2) is 30.5 Å². The van der Waals surface area contributed by atoms with Gasteiger partial charge in [0.15, 0.2) is 0 Å². The standard InChI is InChI=1S/C12H14F3NO2/c13-12(14,15)9-3-1-2-8(4-9)5-16-10-6-18-7-11(10)17/h1-4,10-11,16-17H,5-7H2. The van der Waals surface area contributed by atoms with Gasteiger partial charge in [0.2, 0.25) is 0 Å². The van der Waals surface area contributed by atoms with Gasteiger partial charge >= 0.3 is 6.18 Å². The van der Waals surface area contributed by atoms with E-state index in [0.717, 1.165) is 12.1 Å². The highest BCUT2D eigenvalue weighted by atomic mass is 19.4. The lowest BCUT2D eigenvalue weighted by Crippen LogP contribution is -2.38. The van der Waals surface area contributed by atoms with Crippen LogP contribution in [0, 0.1) is 0 Å². The van der Waals surface area contributed by atoms with E-state index in [2.05, 4.69) is 5.32 Å². The van der Waals surface area contributed by atoms with Crippen molar-refractivity contribution in [3.8, 4) is 0 Å². The van der Waals surface area contributed by atoms with Crippen LogP contribution in [0.25, 0.3) is 0 Å². The molecule has 0 saturated carbocycles. The first-order valence-electron chi connectivity index (χ1n) is 5.62. The molecule has 18 heavy (non-hydrogen) atoms. The fraction of sp³-hybridized carbons (Fsp3) is 0.500. The van der Waals surface area contributed by atoms with Gasteiger partial charge in [0.1, 0.15) is 0 Å². The lowest BCUT2D eigenvalue weighted by atomic mass is 10.1. The van der Waals surface area contributed by atoms with Crippen molar-refractivity contribution in [2.45, 2.75) is 24.9 Å². The maximum absolute atomic E-state index is 12.5. The second-order valence-corrected chi connectivity index (χ2v) is 4.29. The van der Waals surface area contributed by atoms with Gasteiger partial charge in [-0.3, -0.25) is 0 Å². The van der Waals surface area contributed by atoms with Crippen LogP contribution >= 0.6 is 0 Å². The van der Waals surface area contributed by atoms with Crippen LogP contribution < -0.4 is 5.32 Å². The van der Waals surface area contributed by atoms with Gasteiger partial charge in [-0.15, -0.1) is 0 Å². The van der Waals surface area contributed by atoms with Crippen LogP contribution in [0.15, 0.2) is 24.3 Å². The van der Waals surface area contributed by atoms with E-state index in [9.17, 15) is 18.3 Å². The summed E-state index contributed by atoms with van der Waals surface area (Å²) in [5.74, 6) is 0. The largest absolute Gasteiger partial charge is 0.416 e. The summed E-state index contributed by atoms with van der Waals surface area (Å²) in [5, 5.41) is 12.5. The van der Waals surface area contributed by atoms with Crippen LogP contribution in [0.4, 0.5) is 13.2 Å². The predicted octanol–water partition coefficient (Wildman–Crippen LogP) is 1.55. The molecule has 2 atom stereocenters. The fourth-order valence-electron chi connectivity index (χ4n) is 1.84. The summed E-state index contributed by atoms with van der Waals surface area (Å²) in [6.45, 7) is 0.912. The molecule has 6 heteroatoms. The average Bonchev–Trinajstić information content (AvgIpc) is 2.72. The smallest absolute Gasteiger partial charge is 0.389 e. The lowest BCUT2D eigenvalue weighted by molar-refractivity contribution is -0.137. The zero-order chi connectivity index (χ0) is 13.2. The van der Waals surface area contributed by atoms with E-state index in [0.29, 0.717) is 12.2 Å². The first-order valence-corrected chi connectivity index (χ1v) is 5.62. The Morgan fingerprint density at radius 2 is 2.11 bits per heavy atom. The summed E-state index contributed by atoms with van der Waals surface area (Å²) < 4.78 is 42.5. The number of benzene rings is 1. The molecule has 2 N–H and O–H groups in total. The summed E-state index contributed by atoms with van der Waals surface area (Å²) in [7, 11) is 0. The quantitative estimate of drug-likeness (QED) is 0.867. The number of ether oxygens (including phenoxy) is 1. The first kappa shape index (κ1) is 13.3. The third kappa shape index (κ3) is 3.22. The number of hydrogen-bond donors (Lipinski definition) is 2. The molecule has 1 fully saturated rings. The maximum atomic E-state index is 12.5. The van der Waals surface area contributed by atoms with E-state index >= 15 is 0 Å². The summed E-state index contributed by atoms with van der Waals surface area (Å²) in [6, 6.07) is 4.91. The minimum absolute atomic E-state index is 0.223. The Morgan fingerprint density at radius 3 is 2.72 bits per heavy atom. The number of rotatable bonds is 3. The van der Waals surface area contributed by atoms with E-state index in [1.807, 2.05) is 0 Å². The first-order chi connectivity index (χ1) is 8.47. The van der Waals surface area contributed by atoms with Crippen molar-refractivity contribution >= 4 is 0 Å². The molecule has 0 aliphatic carbocycles. The van der Waals surface area contributed by atoms with Gasteiger partial charge in [-0.05, 0) is 11.6 Å². The molecule has 2 rings (SSSR count). The number of nitrogens with one attached hydrogen (secondary N) is 1. The maximum Gasteiger partial charge on any atom is 0.416 e. The molecular weight excluding hydrogens is 247 g/mol. The van der Waals surface area contributed by atoms with Gasteiger partial charge in [-0.25, -0.2) is 0 Å². The monoisotopic (exact) mass is 261 g/mol. The Kier molecular flexibility index (Phi) is 3.89. The normalized spacial score (nSPS) is 24.4. The van der Waals surface area contributed by atoms with Crippen LogP contribution in [0.3, 0.4) is 0 Å². The minimum atomic E-state index is -4.33. The zero-order valence-corrected chi connectivity index (χ0v) is 9.57. The van der Waals surface area contributed by atoms with Crippen molar-refractivity contribution in [3.63, 3.8) is 0 Å². The van der Waals surface area contributed by atoms with Crippen LogP contribution in [0.5, 0.6) is 0 Å². The van der Waals surface area contributed by atoms with Gasteiger partial charge in [0.05, 0.1) is 30.9 Å². The van der Waals surface area contributed by atoms with Crippen molar-refractivity contribution < 1.29 is 23.0 Å². The fourth-order valence-corrected chi connectivity index (χ4v) is 1.84. The molecule has 2 unspecified atom stereocenters. The average molecular weight is 261 g/mol. The Labute approximate surface area is 103 Å². The molecule has 0 radical (unpaired) electrons. The molecule has 1 aliphatic rings. The van der Waals surface area contributed by atoms with Crippen molar-refractivity contribution in [3.05, 3.63) is 35.4 Å². The molecule has 0 aromatic heterocycles. The van der Waals surface area contributed by atoms with Crippen LogP contribution in [-0.2, 0) is 17.5 Å². The van der Waals surface area contributed by atoms with Crippen molar-refractivity contribution in [1.82, 2.24) is 5.32 Å². The molecule has 0 amide bonds. The second kappa shape index (κ2) is 5.26. The van der Waals surface area contributed by atoms with E-state index in [-0.39, 0.29) is 19.2 Å². The minimum Gasteiger partial charge on any atom is -0.389 e. The van der Waals surface area contributed by atoms with Crippen molar-refractivity contribution in [1.29, 1.82) is 0 Å². The van der Waals surface area contributed by atoms with Gasteiger partial charge < -0.3 is 15.2 Å². The van der Waals surface area contributed by atoms with Crippen LogP contribution in [0.2, 0.25) is 0 Å². The molecule has 1 aliphatic heterocycles. The van der Waals surface area contributed by atoms with Gasteiger partial charge in [-0.1, -0.05) is 18.2 Å². The van der Waals surface area contributed by atoms with E-state index in [1.165, 1.54) is 6.07 Å². The molecule has 1 aromatic rings. The van der Waals surface area contributed by atoms with Gasteiger partial charge in [0, 0.05) is 6.54 Å². The van der Waals surface area contributed by atoms with Gasteiger partial charge in [-0.2, -0.15) is 13.2 Å². The molecular formula is C12H14F3NO2. The van der Waals surface area contributed by atoms with Crippen molar-refractivity contribution in [2.24, 2.45) is 0 Å². The molecule has 1 aromatic carbocycles. The highest BCUT2D eigenvalue weighted by Gasteiger charge is 2.30. The SMILES string of the molecule is OC1COCC1NCc1cccc(C(F)(F)F)c1. The zero-order valence-electron chi connectivity index (χ0n) is 9.57. The number of aliphatic hydroxyl groups excluding tert-OH is 1. The number of hydrogen-bond acceptors (Lipinski definition) is 3. The molecule has 1 saturated heterocycles. The lowest BCUT2D eigenvalue weighted by Gasteiger charge is -2.15. The van der Waals surface area contributed by atoms with E-state index in [4.69, 9.17) is 4.74 Å². The third-order valence-corrected chi connectivity index (χ3v) is 2.87. The number of alkyl halides is 3. The van der Waals surface area contributed by atoms with Crippen molar-refractivity contribution in [2.75, 3.05) is 13.2 Å². The second-order valence-electron chi connectivity index (χ2n) is 4.29. The molecule has 100 valence electrons. The Balaban J connectivity index is 1.97. The summed E-state index contributed by atoms with van der Waals surface area (Å²) in [5.41, 5.74) is -0.131. The summed E-state index contributed by atoms with van der Waals surface area (Å²) >= 11 is 0. The Hall–Kier alpha value is -1.11. The van der Waals surface area contributed by atoms with Gasteiger partial charge in [0.25, 0.3) is 0 Å². The van der Waals surface area contributed by atoms with Crippen LogP contribution in [0.1, 0.15) is 11.1 Å². The molecule has 3 nitrogen and oxygen atoms in total. The number of aliphatic hydroxyl groups is 1. The topological polar surface area (TPSA) is 41.5 Å². The van der Waals surface area contributed by atoms with E-state index in [1.54, 1.807) is 6.07 Å². The molecule has 1 heterocycles. The third-order valence-electron chi connectivity index (χ3n) is 2.87.